The van der Waals surface area contributed by atoms with Gasteiger partial charge in [-0.3, -0.25) is 14.2 Å². The van der Waals surface area contributed by atoms with Crippen molar-refractivity contribution < 1.29 is 4.79 Å². The predicted octanol–water partition coefficient (Wildman–Crippen LogP) is 4.55. The Balaban J connectivity index is 1.83. The van der Waals surface area contributed by atoms with Crippen LogP contribution in [0, 0.1) is 0 Å². The molecule has 1 aromatic heterocycles. The largest absolute Gasteiger partial charge is 0.338 e. The quantitative estimate of drug-likeness (QED) is 0.315. The molecule has 0 aliphatic heterocycles. The summed E-state index contributed by atoms with van der Waals surface area (Å²) in [6, 6.07) is 14.8. The molecule has 2 aromatic carbocycles. The van der Waals surface area contributed by atoms with Crippen LogP contribution in [0.25, 0.3) is 10.9 Å². The maximum absolute atomic E-state index is 12.8. The molecule has 0 aliphatic rings. The number of allylic oxidation sites excluding steroid dienone is 1. The second kappa shape index (κ2) is 9.29. The molecule has 1 heterocycles. The molecule has 0 spiro atoms. The van der Waals surface area contributed by atoms with Gasteiger partial charge in [-0.05, 0) is 30.7 Å². The number of halogens is 1. The summed E-state index contributed by atoms with van der Waals surface area (Å²) >= 11 is 7.29. The molecule has 5 nitrogen and oxygen atoms in total. The molecule has 0 N–H and O–H groups in total. The molecule has 3 aromatic rings. The van der Waals surface area contributed by atoms with Gasteiger partial charge in [-0.1, -0.05) is 59.8 Å². The Kier molecular flexibility index (Phi) is 6.77. The lowest BCUT2D eigenvalue weighted by molar-refractivity contribution is -0.128. The van der Waals surface area contributed by atoms with Gasteiger partial charge < -0.3 is 4.90 Å². The van der Waals surface area contributed by atoms with E-state index in [0.29, 0.717) is 27.6 Å². The van der Waals surface area contributed by atoms with E-state index in [1.54, 1.807) is 36.2 Å². The normalized spacial score (nSPS) is 12.0. The van der Waals surface area contributed by atoms with Gasteiger partial charge in [0.15, 0.2) is 5.16 Å². The van der Waals surface area contributed by atoms with Gasteiger partial charge in [0, 0.05) is 18.6 Å². The fourth-order valence-corrected chi connectivity index (χ4v) is 4.07. The van der Waals surface area contributed by atoms with Crippen LogP contribution in [-0.2, 0) is 11.3 Å². The molecule has 1 unspecified atom stereocenters. The first-order valence-electron chi connectivity index (χ1n) is 9.16. The van der Waals surface area contributed by atoms with Crippen molar-refractivity contribution in [1.29, 1.82) is 0 Å². The van der Waals surface area contributed by atoms with Crippen molar-refractivity contribution in [3.8, 4) is 0 Å². The summed E-state index contributed by atoms with van der Waals surface area (Å²) in [6.07, 6.45) is 1.64. The Morgan fingerprint density at radius 1 is 1.31 bits per heavy atom. The average molecular weight is 428 g/mol. The molecule has 0 saturated heterocycles. The number of thioether (sulfide) groups is 1. The van der Waals surface area contributed by atoms with Gasteiger partial charge in [-0.25, -0.2) is 4.98 Å². The van der Waals surface area contributed by atoms with Crippen molar-refractivity contribution in [2.75, 3.05) is 12.8 Å². The van der Waals surface area contributed by atoms with Crippen molar-refractivity contribution in [1.82, 2.24) is 14.5 Å². The number of amides is 1. The van der Waals surface area contributed by atoms with Crippen LogP contribution in [0.1, 0.15) is 18.5 Å². The highest BCUT2D eigenvalue weighted by molar-refractivity contribution is 7.99. The van der Waals surface area contributed by atoms with E-state index in [1.807, 2.05) is 37.3 Å². The number of aromatic nitrogens is 2. The van der Waals surface area contributed by atoms with Gasteiger partial charge in [0.25, 0.3) is 5.56 Å². The van der Waals surface area contributed by atoms with E-state index in [4.69, 9.17) is 11.6 Å². The zero-order valence-corrected chi connectivity index (χ0v) is 17.9. The lowest BCUT2D eigenvalue weighted by atomic mass is 10.1. The van der Waals surface area contributed by atoms with Crippen LogP contribution in [0.3, 0.4) is 0 Å². The molecule has 0 radical (unpaired) electrons. The minimum absolute atomic E-state index is 0.0445. The topological polar surface area (TPSA) is 55.2 Å². The lowest BCUT2D eigenvalue weighted by Crippen LogP contribution is -2.31. The van der Waals surface area contributed by atoms with E-state index in [2.05, 4.69) is 11.6 Å². The van der Waals surface area contributed by atoms with Gasteiger partial charge in [-0.15, -0.1) is 6.58 Å². The molecule has 1 atom stereocenters. The van der Waals surface area contributed by atoms with Gasteiger partial charge in [0.2, 0.25) is 5.91 Å². The SMILES string of the molecule is C=CCn1c(SCC(=O)N(C)C(C)c2ccccc2)nc2cc(Cl)ccc2c1=O. The summed E-state index contributed by atoms with van der Waals surface area (Å²) in [7, 11) is 1.78. The third-order valence-electron chi connectivity index (χ3n) is 4.78. The molecule has 0 bridgehead atoms. The van der Waals surface area contributed by atoms with Crippen LogP contribution in [0.2, 0.25) is 5.02 Å². The third-order valence-corrected chi connectivity index (χ3v) is 5.97. The van der Waals surface area contributed by atoms with Crippen LogP contribution < -0.4 is 5.56 Å². The summed E-state index contributed by atoms with van der Waals surface area (Å²) < 4.78 is 1.53. The summed E-state index contributed by atoms with van der Waals surface area (Å²) in [6.45, 7) is 6.02. The Hall–Kier alpha value is -2.57. The number of carbonyl (C=O) groups is 1. The van der Waals surface area contributed by atoms with Crippen molar-refractivity contribution >= 4 is 40.2 Å². The standard InChI is InChI=1S/C22H22ClN3O2S/c1-4-12-26-21(28)18-11-10-17(23)13-19(18)24-22(26)29-14-20(27)25(3)15(2)16-8-6-5-7-9-16/h4-11,13,15H,1,12,14H2,2-3H3. The summed E-state index contributed by atoms with van der Waals surface area (Å²) in [5.74, 6) is 0.125. The van der Waals surface area contributed by atoms with Gasteiger partial charge >= 0.3 is 0 Å². The summed E-state index contributed by atoms with van der Waals surface area (Å²) in [5, 5.41) is 1.47. The van der Waals surface area contributed by atoms with Gasteiger partial charge in [-0.2, -0.15) is 0 Å². The highest BCUT2D eigenvalue weighted by Crippen LogP contribution is 2.23. The second-order valence-corrected chi connectivity index (χ2v) is 8.02. The van der Waals surface area contributed by atoms with Crippen molar-refractivity contribution in [2.45, 2.75) is 24.7 Å². The Morgan fingerprint density at radius 2 is 2.03 bits per heavy atom. The molecule has 7 heteroatoms. The van der Waals surface area contributed by atoms with E-state index < -0.39 is 0 Å². The number of rotatable bonds is 7. The molecule has 3 rings (SSSR count). The minimum atomic E-state index is -0.174. The first kappa shape index (κ1) is 21.1. The minimum Gasteiger partial charge on any atom is -0.338 e. The monoisotopic (exact) mass is 427 g/mol. The number of carbonyl (C=O) groups excluding carboxylic acids is 1. The highest BCUT2D eigenvalue weighted by atomic mass is 35.5. The molecule has 0 saturated carbocycles. The van der Waals surface area contributed by atoms with Crippen LogP contribution in [-0.4, -0.2) is 33.2 Å². The van der Waals surface area contributed by atoms with Crippen LogP contribution in [0.4, 0.5) is 0 Å². The third kappa shape index (κ3) is 4.71. The smallest absolute Gasteiger partial charge is 0.262 e. The van der Waals surface area contributed by atoms with Gasteiger partial charge in [0.1, 0.15) is 0 Å². The van der Waals surface area contributed by atoms with Crippen molar-refractivity contribution in [3.63, 3.8) is 0 Å². The molecule has 1 amide bonds. The fraction of sp³-hybridized carbons (Fsp3) is 0.227. The summed E-state index contributed by atoms with van der Waals surface area (Å²) in [4.78, 5) is 31.9. The van der Waals surface area contributed by atoms with E-state index >= 15 is 0 Å². The number of benzene rings is 2. The number of hydrogen-bond acceptors (Lipinski definition) is 4. The Labute approximate surface area is 179 Å². The van der Waals surface area contributed by atoms with Crippen molar-refractivity contribution in [3.05, 3.63) is 82.1 Å². The zero-order chi connectivity index (χ0) is 21.0. The number of nitrogens with zero attached hydrogens (tertiary/aromatic N) is 3. The average Bonchev–Trinajstić information content (AvgIpc) is 2.73. The fourth-order valence-electron chi connectivity index (χ4n) is 2.97. The van der Waals surface area contributed by atoms with E-state index in [1.165, 1.54) is 16.3 Å². The van der Waals surface area contributed by atoms with E-state index in [-0.39, 0.29) is 23.3 Å². The maximum Gasteiger partial charge on any atom is 0.262 e. The van der Waals surface area contributed by atoms with Crippen LogP contribution >= 0.6 is 23.4 Å². The Morgan fingerprint density at radius 3 is 2.72 bits per heavy atom. The summed E-state index contributed by atoms with van der Waals surface area (Å²) in [5.41, 5.74) is 1.41. The van der Waals surface area contributed by atoms with E-state index in [9.17, 15) is 9.59 Å². The number of hydrogen-bond donors (Lipinski definition) is 0. The van der Waals surface area contributed by atoms with Crippen LogP contribution in [0.5, 0.6) is 0 Å². The molecular formula is C22H22ClN3O2S. The molecule has 150 valence electrons. The maximum atomic E-state index is 12.8. The molecule has 0 aliphatic carbocycles. The first-order chi connectivity index (χ1) is 13.9. The predicted molar refractivity (Wildman–Crippen MR) is 120 cm³/mol. The number of fused-ring (bicyclic) bond motifs is 1. The molecular weight excluding hydrogens is 406 g/mol. The van der Waals surface area contributed by atoms with Crippen molar-refractivity contribution in [2.24, 2.45) is 0 Å². The highest BCUT2D eigenvalue weighted by Gasteiger charge is 2.19. The molecule has 29 heavy (non-hydrogen) atoms. The Bertz CT molecular complexity index is 1100. The lowest BCUT2D eigenvalue weighted by Gasteiger charge is -2.25. The van der Waals surface area contributed by atoms with Crippen LogP contribution in [0.15, 0.2) is 71.1 Å². The zero-order valence-electron chi connectivity index (χ0n) is 16.3. The molecule has 0 fully saturated rings. The van der Waals surface area contributed by atoms with E-state index in [0.717, 1.165) is 5.56 Å². The van der Waals surface area contributed by atoms with Gasteiger partial charge in [0.05, 0.1) is 22.7 Å². The first-order valence-corrected chi connectivity index (χ1v) is 10.5. The second-order valence-electron chi connectivity index (χ2n) is 6.64.